The van der Waals surface area contributed by atoms with Crippen molar-refractivity contribution < 1.29 is 0 Å². The molecular formula is C17H23N5. The molecule has 1 fully saturated rings. The molecule has 2 aromatic heterocycles. The summed E-state index contributed by atoms with van der Waals surface area (Å²) in [6, 6.07) is 4.40. The van der Waals surface area contributed by atoms with Crippen LogP contribution >= 0.6 is 0 Å². The van der Waals surface area contributed by atoms with Crippen LogP contribution in [-0.4, -0.2) is 40.0 Å². The Hall–Kier alpha value is -2.01. The lowest BCUT2D eigenvalue weighted by atomic mass is 10.1. The van der Waals surface area contributed by atoms with E-state index >= 15 is 0 Å². The van der Waals surface area contributed by atoms with E-state index in [9.17, 15) is 0 Å². The Morgan fingerprint density at radius 3 is 2.55 bits per heavy atom. The van der Waals surface area contributed by atoms with Crippen LogP contribution in [0.4, 0.5) is 5.95 Å². The number of rotatable bonds is 5. The van der Waals surface area contributed by atoms with Gasteiger partial charge in [0.2, 0.25) is 5.95 Å². The monoisotopic (exact) mass is 297 g/mol. The van der Waals surface area contributed by atoms with Crippen LogP contribution in [0.1, 0.15) is 36.9 Å². The van der Waals surface area contributed by atoms with Crippen molar-refractivity contribution in [3.05, 3.63) is 48.0 Å². The summed E-state index contributed by atoms with van der Waals surface area (Å²) >= 11 is 0. The van der Waals surface area contributed by atoms with Crippen LogP contribution in [0.3, 0.4) is 0 Å². The number of pyridine rings is 1. The first-order valence-electron chi connectivity index (χ1n) is 7.90. The zero-order valence-electron chi connectivity index (χ0n) is 13.3. The van der Waals surface area contributed by atoms with Crippen LogP contribution in [0.15, 0.2) is 36.9 Å². The maximum Gasteiger partial charge on any atom is 0.225 e. The smallest absolute Gasteiger partial charge is 0.225 e. The highest BCUT2D eigenvalue weighted by molar-refractivity contribution is 5.31. The second kappa shape index (κ2) is 6.83. The molecule has 0 radical (unpaired) electrons. The fourth-order valence-corrected chi connectivity index (χ4v) is 2.81. The van der Waals surface area contributed by atoms with Gasteiger partial charge >= 0.3 is 0 Å². The summed E-state index contributed by atoms with van der Waals surface area (Å²) in [7, 11) is 2.12. The van der Waals surface area contributed by atoms with Crippen molar-refractivity contribution >= 4 is 5.95 Å². The molecule has 116 valence electrons. The molecule has 3 heterocycles. The highest BCUT2D eigenvalue weighted by Gasteiger charge is 2.15. The first-order valence-corrected chi connectivity index (χ1v) is 7.90. The van der Waals surface area contributed by atoms with Crippen LogP contribution < -0.4 is 4.90 Å². The maximum atomic E-state index is 4.52. The topological polar surface area (TPSA) is 45.2 Å². The first-order chi connectivity index (χ1) is 10.7. The Bertz CT molecular complexity index is 578. The third kappa shape index (κ3) is 3.42. The summed E-state index contributed by atoms with van der Waals surface area (Å²) in [5.74, 6) is 0.865. The fraction of sp³-hybridized carbons (Fsp3) is 0.471. The second-order valence-electron chi connectivity index (χ2n) is 5.96. The lowest BCUT2D eigenvalue weighted by Gasteiger charge is -2.24. The Labute approximate surface area is 132 Å². The minimum absolute atomic E-state index is 0.312. The zero-order chi connectivity index (χ0) is 15.4. The van der Waals surface area contributed by atoms with Gasteiger partial charge in [0, 0.05) is 56.0 Å². The van der Waals surface area contributed by atoms with Crippen LogP contribution in [0.2, 0.25) is 0 Å². The molecule has 0 bridgehead atoms. The van der Waals surface area contributed by atoms with Gasteiger partial charge in [-0.15, -0.1) is 0 Å². The molecule has 1 atom stereocenters. The minimum Gasteiger partial charge on any atom is -0.341 e. The van der Waals surface area contributed by atoms with Gasteiger partial charge in [-0.05, 0) is 38.4 Å². The van der Waals surface area contributed by atoms with E-state index in [0.717, 1.165) is 31.1 Å². The molecule has 2 aromatic rings. The molecule has 3 rings (SSSR count). The van der Waals surface area contributed by atoms with E-state index in [0.29, 0.717) is 6.04 Å². The molecule has 1 aliphatic heterocycles. The van der Waals surface area contributed by atoms with Gasteiger partial charge in [0.15, 0.2) is 0 Å². The van der Waals surface area contributed by atoms with Crippen molar-refractivity contribution in [2.45, 2.75) is 32.4 Å². The summed E-state index contributed by atoms with van der Waals surface area (Å²) in [5.41, 5.74) is 2.36. The Morgan fingerprint density at radius 1 is 1.18 bits per heavy atom. The van der Waals surface area contributed by atoms with Crippen molar-refractivity contribution in [1.29, 1.82) is 0 Å². The summed E-state index contributed by atoms with van der Waals surface area (Å²) < 4.78 is 0. The molecule has 5 heteroatoms. The number of nitrogens with zero attached hydrogens (tertiary/aromatic N) is 5. The van der Waals surface area contributed by atoms with Gasteiger partial charge in [0.25, 0.3) is 0 Å². The van der Waals surface area contributed by atoms with Crippen molar-refractivity contribution in [3.63, 3.8) is 0 Å². The largest absolute Gasteiger partial charge is 0.341 e. The van der Waals surface area contributed by atoms with Crippen molar-refractivity contribution in [3.8, 4) is 0 Å². The molecule has 0 aromatic carbocycles. The second-order valence-corrected chi connectivity index (χ2v) is 5.96. The van der Waals surface area contributed by atoms with Crippen molar-refractivity contribution in [2.75, 3.05) is 25.0 Å². The minimum atomic E-state index is 0.312. The SMILES string of the molecule is CC(c1cccnc1)N(C)Cc1cnc(N2CCCC2)nc1. The van der Waals surface area contributed by atoms with Crippen LogP contribution in [0.5, 0.6) is 0 Å². The quantitative estimate of drug-likeness (QED) is 0.849. The van der Waals surface area contributed by atoms with E-state index in [-0.39, 0.29) is 0 Å². The van der Waals surface area contributed by atoms with Crippen LogP contribution in [-0.2, 0) is 6.54 Å². The zero-order valence-corrected chi connectivity index (χ0v) is 13.3. The Morgan fingerprint density at radius 2 is 1.91 bits per heavy atom. The Balaban J connectivity index is 1.62. The lowest BCUT2D eigenvalue weighted by Crippen LogP contribution is -2.23. The van der Waals surface area contributed by atoms with Crippen LogP contribution in [0, 0.1) is 0 Å². The van der Waals surface area contributed by atoms with Crippen LogP contribution in [0.25, 0.3) is 0 Å². The predicted molar refractivity (Wildman–Crippen MR) is 87.6 cm³/mol. The van der Waals surface area contributed by atoms with E-state index in [1.807, 2.05) is 24.7 Å². The van der Waals surface area contributed by atoms with Gasteiger partial charge in [-0.1, -0.05) is 6.07 Å². The summed E-state index contributed by atoms with van der Waals surface area (Å²) in [5, 5.41) is 0. The van der Waals surface area contributed by atoms with Gasteiger partial charge in [-0.3, -0.25) is 9.88 Å². The van der Waals surface area contributed by atoms with Gasteiger partial charge in [0.05, 0.1) is 0 Å². The highest BCUT2D eigenvalue weighted by atomic mass is 15.3. The van der Waals surface area contributed by atoms with Crippen molar-refractivity contribution in [2.24, 2.45) is 0 Å². The molecule has 0 spiro atoms. The molecule has 1 aliphatic rings. The van der Waals surface area contributed by atoms with E-state index in [2.05, 4.69) is 44.8 Å². The standard InChI is InChI=1S/C17H23N5/c1-14(16-6-5-7-18-12-16)21(2)13-15-10-19-17(20-11-15)22-8-3-4-9-22/h5-7,10-12,14H,3-4,8-9,13H2,1-2H3. The summed E-state index contributed by atoms with van der Waals surface area (Å²) in [4.78, 5) is 17.8. The predicted octanol–water partition coefficient (Wildman–Crippen LogP) is 2.66. The van der Waals surface area contributed by atoms with Gasteiger partial charge in [0.1, 0.15) is 0 Å². The van der Waals surface area contributed by atoms with E-state index in [1.165, 1.54) is 18.4 Å². The molecule has 22 heavy (non-hydrogen) atoms. The molecule has 0 amide bonds. The third-order valence-electron chi connectivity index (χ3n) is 4.34. The van der Waals surface area contributed by atoms with Gasteiger partial charge < -0.3 is 4.90 Å². The molecule has 5 nitrogen and oxygen atoms in total. The highest BCUT2D eigenvalue weighted by Crippen LogP contribution is 2.20. The summed E-state index contributed by atoms with van der Waals surface area (Å²) in [6.45, 7) is 5.18. The fourth-order valence-electron chi connectivity index (χ4n) is 2.81. The molecule has 1 saturated heterocycles. The van der Waals surface area contributed by atoms with Gasteiger partial charge in [-0.2, -0.15) is 0 Å². The third-order valence-corrected chi connectivity index (χ3v) is 4.34. The molecular weight excluding hydrogens is 274 g/mol. The first kappa shape index (κ1) is 14.9. The molecule has 0 N–H and O–H groups in total. The van der Waals surface area contributed by atoms with E-state index < -0.39 is 0 Å². The number of hydrogen-bond donors (Lipinski definition) is 0. The number of anilines is 1. The average molecular weight is 297 g/mol. The van der Waals surface area contributed by atoms with E-state index in [4.69, 9.17) is 0 Å². The van der Waals surface area contributed by atoms with Crippen molar-refractivity contribution in [1.82, 2.24) is 19.9 Å². The maximum absolute atomic E-state index is 4.52. The van der Waals surface area contributed by atoms with E-state index in [1.54, 1.807) is 6.20 Å². The molecule has 0 aliphatic carbocycles. The average Bonchev–Trinajstić information content (AvgIpc) is 3.10. The van der Waals surface area contributed by atoms with Gasteiger partial charge in [-0.25, -0.2) is 9.97 Å². The number of aromatic nitrogens is 3. The molecule has 1 unspecified atom stereocenters. The Kier molecular flexibility index (Phi) is 4.63. The normalized spacial score (nSPS) is 16.2. The summed E-state index contributed by atoms with van der Waals surface area (Å²) in [6.07, 6.45) is 10.1. The molecule has 0 saturated carbocycles. The number of hydrogen-bond acceptors (Lipinski definition) is 5. The lowest BCUT2D eigenvalue weighted by molar-refractivity contribution is 0.252.